The van der Waals surface area contributed by atoms with Crippen LogP contribution in [0, 0.1) is 11.3 Å². The van der Waals surface area contributed by atoms with E-state index in [0.717, 1.165) is 28.5 Å². The molecule has 0 amide bonds. The molecule has 2 aromatic carbocycles. The number of hydrogen-bond donors (Lipinski definition) is 1. The maximum atomic E-state index is 12.7. The van der Waals surface area contributed by atoms with Crippen molar-refractivity contribution in [2.24, 2.45) is 0 Å². The number of hydrogen-bond acceptors (Lipinski definition) is 5. The highest BCUT2D eigenvalue weighted by atomic mass is 16.5. The zero-order chi connectivity index (χ0) is 21.8. The van der Waals surface area contributed by atoms with Gasteiger partial charge in [0.15, 0.2) is 0 Å². The molecule has 1 saturated carbocycles. The second kappa shape index (κ2) is 9.13. The van der Waals surface area contributed by atoms with Gasteiger partial charge in [0.1, 0.15) is 17.7 Å². The minimum Gasteiger partial charge on any atom is -0.389 e. The van der Waals surface area contributed by atoms with Crippen LogP contribution in [0.25, 0.3) is 0 Å². The van der Waals surface area contributed by atoms with Gasteiger partial charge in [-0.15, -0.1) is 0 Å². The van der Waals surface area contributed by atoms with E-state index in [4.69, 9.17) is 4.74 Å². The number of benzene rings is 2. The molecule has 7 nitrogen and oxygen atoms in total. The quantitative estimate of drug-likeness (QED) is 0.607. The molecule has 0 saturated heterocycles. The van der Waals surface area contributed by atoms with Crippen molar-refractivity contribution < 1.29 is 9.84 Å². The van der Waals surface area contributed by atoms with Gasteiger partial charge in [0.05, 0.1) is 19.3 Å². The first kappa shape index (κ1) is 20.8. The Labute approximate surface area is 179 Å². The molecule has 1 fully saturated rings. The second-order valence-electron chi connectivity index (χ2n) is 7.68. The van der Waals surface area contributed by atoms with Crippen LogP contribution in [0.4, 0.5) is 0 Å². The monoisotopic (exact) mass is 417 g/mol. The smallest absolute Gasteiger partial charge is 0.331 e. The molecule has 3 aromatic rings. The summed E-state index contributed by atoms with van der Waals surface area (Å²) in [4.78, 5) is 25.2. The molecule has 0 unspecified atom stereocenters. The molecule has 0 aliphatic heterocycles. The minimum atomic E-state index is -1.10. The molecule has 1 heterocycles. The molecule has 1 N–H and O–H groups in total. The Morgan fingerprint density at radius 3 is 2.13 bits per heavy atom. The van der Waals surface area contributed by atoms with Gasteiger partial charge in [0.25, 0.3) is 5.56 Å². The zero-order valence-corrected chi connectivity index (χ0v) is 16.9. The van der Waals surface area contributed by atoms with Crippen molar-refractivity contribution in [3.05, 3.63) is 104 Å². The fourth-order valence-corrected chi connectivity index (χ4v) is 3.58. The molecule has 1 aliphatic carbocycles. The van der Waals surface area contributed by atoms with Crippen molar-refractivity contribution >= 4 is 0 Å². The summed E-state index contributed by atoms with van der Waals surface area (Å²) in [6, 6.07) is 21.1. The number of aliphatic hydroxyl groups is 1. The van der Waals surface area contributed by atoms with Crippen LogP contribution in [0.5, 0.6) is 0 Å². The van der Waals surface area contributed by atoms with Crippen molar-refractivity contribution in [1.82, 2.24) is 9.13 Å². The Morgan fingerprint density at radius 2 is 1.61 bits per heavy atom. The van der Waals surface area contributed by atoms with Crippen LogP contribution in [0.1, 0.15) is 41.7 Å². The Bertz CT molecular complexity index is 1150. The summed E-state index contributed by atoms with van der Waals surface area (Å²) >= 11 is 0. The lowest BCUT2D eigenvalue weighted by atomic mass is 10.0. The first-order valence-corrected chi connectivity index (χ1v) is 10.2. The molecule has 1 atom stereocenters. The van der Waals surface area contributed by atoms with E-state index in [-0.39, 0.29) is 24.8 Å². The fourth-order valence-electron chi connectivity index (χ4n) is 3.58. The highest BCUT2D eigenvalue weighted by molar-refractivity contribution is 5.30. The van der Waals surface area contributed by atoms with E-state index < -0.39 is 23.5 Å². The molecule has 1 aromatic heterocycles. The summed E-state index contributed by atoms with van der Waals surface area (Å²) in [7, 11) is 0. The lowest BCUT2D eigenvalue weighted by Crippen LogP contribution is -2.43. The van der Waals surface area contributed by atoms with Crippen LogP contribution in [-0.2, 0) is 11.3 Å². The van der Waals surface area contributed by atoms with E-state index in [0.29, 0.717) is 0 Å². The van der Waals surface area contributed by atoms with Crippen LogP contribution in [0.15, 0.2) is 76.4 Å². The molecule has 158 valence electrons. The first-order valence-electron chi connectivity index (χ1n) is 10.2. The average Bonchev–Trinajstić information content (AvgIpc) is 3.64. The topological polar surface area (TPSA) is 97.2 Å². The predicted octanol–water partition coefficient (Wildman–Crippen LogP) is 2.38. The zero-order valence-electron chi connectivity index (χ0n) is 16.9. The first-order chi connectivity index (χ1) is 15.1. The summed E-state index contributed by atoms with van der Waals surface area (Å²) < 4.78 is 8.39. The van der Waals surface area contributed by atoms with Gasteiger partial charge in [-0.3, -0.25) is 13.9 Å². The Morgan fingerprint density at radius 1 is 1.03 bits per heavy atom. The van der Waals surface area contributed by atoms with Crippen molar-refractivity contribution in [2.75, 3.05) is 6.61 Å². The normalized spacial score (nSPS) is 14.4. The molecule has 31 heavy (non-hydrogen) atoms. The summed E-state index contributed by atoms with van der Waals surface area (Å²) in [6.45, 7) is -0.323. The number of aromatic nitrogens is 2. The summed E-state index contributed by atoms with van der Waals surface area (Å²) in [5.41, 5.74) is 0.562. The molecular formula is C24H23N3O4. The van der Waals surface area contributed by atoms with Crippen molar-refractivity contribution in [2.45, 2.75) is 37.6 Å². The van der Waals surface area contributed by atoms with Crippen molar-refractivity contribution in [1.29, 1.82) is 5.26 Å². The van der Waals surface area contributed by atoms with Crippen LogP contribution in [0.3, 0.4) is 0 Å². The second-order valence-corrected chi connectivity index (χ2v) is 7.68. The summed E-state index contributed by atoms with van der Waals surface area (Å²) in [6.07, 6.45) is 1.50. The van der Waals surface area contributed by atoms with Crippen LogP contribution in [0.2, 0.25) is 0 Å². The third kappa shape index (κ3) is 4.66. The number of rotatable bonds is 8. The van der Waals surface area contributed by atoms with Crippen molar-refractivity contribution in [3.63, 3.8) is 0 Å². The average molecular weight is 417 g/mol. The lowest BCUT2D eigenvalue weighted by Gasteiger charge is -2.21. The SMILES string of the molecule is N#Cc1cn(C2CC2)c(=O)n(C[C@@H](O)COC(c2ccccc2)c2ccccc2)c1=O. The maximum Gasteiger partial charge on any atom is 0.331 e. The van der Waals surface area contributed by atoms with Crippen LogP contribution < -0.4 is 11.2 Å². The van der Waals surface area contributed by atoms with Gasteiger partial charge in [-0.25, -0.2) is 4.79 Å². The number of ether oxygens (including phenoxy) is 1. The third-order valence-corrected chi connectivity index (χ3v) is 5.31. The predicted molar refractivity (Wildman–Crippen MR) is 115 cm³/mol. The number of nitrogens with zero attached hydrogens (tertiary/aromatic N) is 3. The maximum absolute atomic E-state index is 12.7. The largest absolute Gasteiger partial charge is 0.389 e. The number of aliphatic hydroxyl groups excluding tert-OH is 1. The molecule has 4 rings (SSSR count). The van der Waals surface area contributed by atoms with E-state index in [1.165, 1.54) is 10.8 Å². The van der Waals surface area contributed by atoms with Gasteiger partial charge in [0.2, 0.25) is 0 Å². The third-order valence-electron chi connectivity index (χ3n) is 5.31. The van der Waals surface area contributed by atoms with E-state index in [1.807, 2.05) is 66.7 Å². The molecule has 7 heteroatoms. The fraction of sp³-hybridized carbons (Fsp3) is 0.292. The van der Waals surface area contributed by atoms with Gasteiger partial charge in [-0.05, 0) is 24.0 Å². The standard InChI is InChI=1S/C24H23N3O4/c25-13-19-14-26(20-11-12-20)24(30)27(23(19)29)15-21(28)16-31-22(17-7-3-1-4-8-17)18-9-5-2-6-10-18/h1-10,14,20-22,28H,11-12,15-16H2/t21-/m1/s1. The van der Waals surface area contributed by atoms with Crippen LogP contribution >= 0.6 is 0 Å². The van der Waals surface area contributed by atoms with Crippen LogP contribution in [-0.4, -0.2) is 27.0 Å². The van der Waals surface area contributed by atoms with Gasteiger partial charge < -0.3 is 9.84 Å². The highest BCUT2D eigenvalue weighted by Crippen LogP contribution is 2.33. The van der Waals surface area contributed by atoms with Gasteiger partial charge in [0, 0.05) is 12.2 Å². The Kier molecular flexibility index (Phi) is 6.12. The molecule has 0 radical (unpaired) electrons. The molecule has 0 bridgehead atoms. The van der Waals surface area contributed by atoms with E-state index in [9.17, 15) is 20.0 Å². The van der Waals surface area contributed by atoms with Crippen molar-refractivity contribution in [3.8, 4) is 6.07 Å². The van der Waals surface area contributed by atoms with E-state index in [2.05, 4.69) is 0 Å². The van der Waals surface area contributed by atoms with Gasteiger partial charge >= 0.3 is 5.69 Å². The minimum absolute atomic E-state index is 0.0142. The lowest BCUT2D eigenvalue weighted by molar-refractivity contribution is -0.00158. The summed E-state index contributed by atoms with van der Waals surface area (Å²) in [5, 5.41) is 19.8. The molecular weight excluding hydrogens is 394 g/mol. The number of nitriles is 1. The van der Waals surface area contributed by atoms with Gasteiger partial charge in [-0.1, -0.05) is 60.7 Å². The highest BCUT2D eigenvalue weighted by Gasteiger charge is 2.27. The summed E-state index contributed by atoms with van der Waals surface area (Å²) in [5.74, 6) is 0. The molecule has 1 aliphatic rings. The van der Waals surface area contributed by atoms with Gasteiger partial charge in [-0.2, -0.15) is 5.26 Å². The van der Waals surface area contributed by atoms with E-state index in [1.54, 1.807) is 0 Å². The molecule has 0 spiro atoms. The Hall–Kier alpha value is -3.47. The van der Waals surface area contributed by atoms with E-state index >= 15 is 0 Å². The Balaban J connectivity index is 1.54.